The smallest absolute Gasteiger partial charge is 0.242 e. The molecule has 2 amide bonds. The van der Waals surface area contributed by atoms with Gasteiger partial charge in [-0.15, -0.1) is 0 Å². The maximum atomic E-state index is 12.3. The van der Waals surface area contributed by atoms with Gasteiger partial charge in [0.15, 0.2) is 0 Å². The van der Waals surface area contributed by atoms with Crippen LogP contribution in [-0.2, 0) is 9.59 Å². The van der Waals surface area contributed by atoms with Crippen molar-refractivity contribution < 1.29 is 9.59 Å². The quantitative estimate of drug-likeness (QED) is 0.855. The molecule has 1 aliphatic rings. The van der Waals surface area contributed by atoms with E-state index in [1.165, 1.54) is 0 Å². The number of piperazine rings is 1. The molecule has 1 aliphatic heterocycles. The van der Waals surface area contributed by atoms with E-state index in [-0.39, 0.29) is 23.9 Å². The molecule has 1 saturated heterocycles. The van der Waals surface area contributed by atoms with E-state index in [0.717, 1.165) is 5.56 Å². The summed E-state index contributed by atoms with van der Waals surface area (Å²) in [6.45, 7) is 3.04. The largest absolute Gasteiger partial charge is 0.353 e. The second-order valence-electron chi connectivity index (χ2n) is 5.36. The van der Waals surface area contributed by atoms with Crippen molar-refractivity contribution in [3.8, 4) is 0 Å². The molecule has 1 aromatic rings. The lowest BCUT2D eigenvalue weighted by Gasteiger charge is -2.34. The summed E-state index contributed by atoms with van der Waals surface area (Å²) in [6, 6.07) is 9.29. The summed E-state index contributed by atoms with van der Waals surface area (Å²) in [5, 5.41) is 2.80. The number of nitrogens with two attached hydrogens (primary N) is 1. The zero-order chi connectivity index (χ0) is 15.2. The van der Waals surface area contributed by atoms with Crippen LogP contribution in [0.5, 0.6) is 0 Å². The number of nitrogens with zero attached hydrogens (tertiary/aromatic N) is 1. The Morgan fingerprint density at radius 3 is 2.81 bits per heavy atom. The van der Waals surface area contributed by atoms with Gasteiger partial charge >= 0.3 is 0 Å². The Kier molecular flexibility index (Phi) is 5.33. The van der Waals surface area contributed by atoms with Crippen molar-refractivity contribution in [1.29, 1.82) is 0 Å². The minimum Gasteiger partial charge on any atom is -0.353 e. The Balaban J connectivity index is 1.90. The number of hydrogen-bond donors (Lipinski definition) is 2. The predicted molar refractivity (Wildman–Crippen MR) is 81.4 cm³/mol. The van der Waals surface area contributed by atoms with Gasteiger partial charge in [0.1, 0.15) is 6.04 Å². The van der Waals surface area contributed by atoms with E-state index in [1.54, 1.807) is 4.90 Å². The molecule has 21 heavy (non-hydrogen) atoms. The lowest BCUT2D eigenvalue weighted by molar-refractivity contribution is -0.143. The number of rotatable bonds is 5. The van der Waals surface area contributed by atoms with Gasteiger partial charge < -0.3 is 16.0 Å². The van der Waals surface area contributed by atoms with Crippen LogP contribution in [0.3, 0.4) is 0 Å². The lowest BCUT2D eigenvalue weighted by Crippen LogP contribution is -2.56. The van der Waals surface area contributed by atoms with Crippen molar-refractivity contribution in [2.45, 2.75) is 38.3 Å². The third-order valence-electron chi connectivity index (χ3n) is 3.93. The van der Waals surface area contributed by atoms with Crippen molar-refractivity contribution in [2.75, 3.05) is 13.1 Å². The zero-order valence-electron chi connectivity index (χ0n) is 12.4. The monoisotopic (exact) mass is 289 g/mol. The van der Waals surface area contributed by atoms with Gasteiger partial charge in [0, 0.05) is 25.6 Å². The summed E-state index contributed by atoms with van der Waals surface area (Å²) in [5.41, 5.74) is 7.15. The van der Waals surface area contributed by atoms with Gasteiger partial charge in [-0.3, -0.25) is 9.59 Å². The molecule has 0 bridgehead atoms. The molecule has 0 spiro atoms. The minimum absolute atomic E-state index is 0.0167. The SMILES string of the molecule is CCC1C(=O)NCCN1C(=O)CCC(N)c1ccccc1. The second-order valence-corrected chi connectivity index (χ2v) is 5.36. The normalized spacial score (nSPS) is 20.0. The molecule has 2 rings (SSSR count). The van der Waals surface area contributed by atoms with Crippen molar-refractivity contribution in [3.05, 3.63) is 35.9 Å². The first-order chi connectivity index (χ1) is 10.1. The molecule has 1 aromatic carbocycles. The van der Waals surface area contributed by atoms with E-state index < -0.39 is 0 Å². The first-order valence-electron chi connectivity index (χ1n) is 7.51. The van der Waals surface area contributed by atoms with E-state index >= 15 is 0 Å². The summed E-state index contributed by atoms with van der Waals surface area (Å²) in [5.74, 6) is -0.0347. The molecule has 0 saturated carbocycles. The number of hydrogen-bond acceptors (Lipinski definition) is 3. The van der Waals surface area contributed by atoms with Gasteiger partial charge in [-0.05, 0) is 18.4 Å². The van der Waals surface area contributed by atoms with Gasteiger partial charge in [0.25, 0.3) is 0 Å². The highest BCUT2D eigenvalue weighted by Gasteiger charge is 2.31. The fraction of sp³-hybridized carbons (Fsp3) is 0.500. The Labute approximate surface area is 125 Å². The Bertz CT molecular complexity index is 490. The molecule has 0 aliphatic carbocycles. The highest BCUT2D eigenvalue weighted by Crippen LogP contribution is 2.17. The maximum absolute atomic E-state index is 12.3. The minimum atomic E-state index is -0.334. The van der Waals surface area contributed by atoms with E-state index in [9.17, 15) is 9.59 Å². The van der Waals surface area contributed by atoms with Crippen LogP contribution in [-0.4, -0.2) is 35.8 Å². The van der Waals surface area contributed by atoms with Crippen LogP contribution >= 0.6 is 0 Å². The predicted octanol–water partition coefficient (Wildman–Crippen LogP) is 1.20. The summed E-state index contributed by atoms with van der Waals surface area (Å²) in [7, 11) is 0. The Hall–Kier alpha value is -1.88. The van der Waals surface area contributed by atoms with Crippen LogP contribution in [0.25, 0.3) is 0 Å². The molecule has 0 aromatic heterocycles. The standard InChI is InChI=1S/C16H23N3O2/c1-2-14-16(21)18-10-11-19(14)15(20)9-8-13(17)12-6-4-3-5-7-12/h3-7,13-14H,2,8-11,17H2,1H3,(H,18,21). The molecule has 114 valence electrons. The molecule has 1 fully saturated rings. The molecule has 3 N–H and O–H groups in total. The molecule has 0 radical (unpaired) electrons. The van der Waals surface area contributed by atoms with Crippen molar-refractivity contribution in [2.24, 2.45) is 5.73 Å². The second kappa shape index (κ2) is 7.22. The summed E-state index contributed by atoms with van der Waals surface area (Å²) < 4.78 is 0. The fourth-order valence-corrected chi connectivity index (χ4v) is 2.71. The highest BCUT2D eigenvalue weighted by molar-refractivity contribution is 5.88. The van der Waals surface area contributed by atoms with E-state index in [2.05, 4.69) is 5.32 Å². The Morgan fingerprint density at radius 1 is 1.43 bits per heavy atom. The number of nitrogens with one attached hydrogen (secondary N) is 1. The first kappa shape index (κ1) is 15.5. The molecule has 5 heteroatoms. The van der Waals surface area contributed by atoms with Crippen LogP contribution in [0.4, 0.5) is 0 Å². The fourth-order valence-electron chi connectivity index (χ4n) is 2.71. The average Bonchev–Trinajstić information content (AvgIpc) is 2.52. The van der Waals surface area contributed by atoms with Gasteiger partial charge in [-0.25, -0.2) is 0 Å². The van der Waals surface area contributed by atoms with E-state index in [4.69, 9.17) is 5.73 Å². The highest BCUT2D eigenvalue weighted by atomic mass is 16.2. The summed E-state index contributed by atoms with van der Waals surface area (Å²) >= 11 is 0. The van der Waals surface area contributed by atoms with E-state index in [1.807, 2.05) is 37.3 Å². The molecule has 2 atom stereocenters. The third kappa shape index (κ3) is 3.82. The number of carbonyl (C=O) groups excluding carboxylic acids is 2. The van der Waals surface area contributed by atoms with Crippen LogP contribution < -0.4 is 11.1 Å². The topological polar surface area (TPSA) is 75.4 Å². The van der Waals surface area contributed by atoms with Crippen LogP contribution in [0, 0.1) is 0 Å². The van der Waals surface area contributed by atoms with Crippen molar-refractivity contribution in [1.82, 2.24) is 10.2 Å². The molecular formula is C16H23N3O2. The van der Waals surface area contributed by atoms with Crippen molar-refractivity contribution >= 4 is 11.8 Å². The van der Waals surface area contributed by atoms with Crippen molar-refractivity contribution in [3.63, 3.8) is 0 Å². The Morgan fingerprint density at radius 2 is 2.14 bits per heavy atom. The molecule has 1 heterocycles. The number of benzene rings is 1. The van der Waals surface area contributed by atoms with Gasteiger partial charge in [-0.2, -0.15) is 0 Å². The lowest BCUT2D eigenvalue weighted by atomic mass is 10.0. The van der Waals surface area contributed by atoms with E-state index in [0.29, 0.717) is 32.4 Å². The zero-order valence-corrected chi connectivity index (χ0v) is 12.4. The van der Waals surface area contributed by atoms with Crippen LogP contribution in [0.2, 0.25) is 0 Å². The molecule has 5 nitrogen and oxygen atoms in total. The van der Waals surface area contributed by atoms with Gasteiger partial charge in [-0.1, -0.05) is 37.3 Å². The van der Waals surface area contributed by atoms with Gasteiger partial charge in [0.05, 0.1) is 0 Å². The summed E-state index contributed by atoms with van der Waals surface area (Å²) in [6.07, 6.45) is 1.61. The van der Waals surface area contributed by atoms with Crippen LogP contribution in [0.1, 0.15) is 37.8 Å². The first-order valence-corrected chi connectivity index (χ1v) is 7.51. The molecular weight excluding hydrogens is 266 g/mol. The maximum Gasteiger partial charge on any atom is 0.242 e. The average molecular weight is 289 g/mol. The number of carbonyl (C=O) groups is 2. The molecule has 2 unspecified atom stereocenters. The third-order valence-corrected chi connectivity index (χ3v) is 3.93. The number of amides is 2. The summed E-state index contributed by atoms with van der Waals surface area (Å²) in [4.78, 5) is 25.8. The van der Waals surface area contributed by atoms with Gasteiger partial charge in [0.2, 0.25) is 11.8 Å². The van der Waals surface area contributed by atoms with Crippen LogP contribution in [0.15, 0.2) is 30.3 Å².